The summed E-state index contributed by atoms with van der Waals surface area (Å²) < 4.78 is 8.14. The normalized spacial score (nSPS) is 20.5. The molecule has 0 bridgehead atoms. The SMILES string of the molecule is Cn1nc(C(=O)NCC2CC2)c2c1CC1(CCN(C(=O)c3cscn3)CC1)OC2. The third-order valence-corrected chi connectivity index (χ3v) is 6.95. The van der Waals surface area contributed by atoms with E-state index in [1.165, 1.54) is 24.2 Å². The van der Waals surface area contributed by atoms with Crippen molar-refractivity contribution >= 4 is 23.2 Å². The van der Waals surface area contributed by atoms with E-state index in [9.17, 15) is 9.59 Å². The van der Waals surface area contributed by atoms with Crippen LogP contribution >= 0.6 is 11.3 Å². The third-order valence-electron chi connectivity index (χ3n) is 6.36. The molecule has 1 aliphatic carbocycles. The van der Waals surface area contributed by atoms with Crippen molar-refractivity contribution in [2.75, 3.05) is 19.6 Å². The zero-order valence-corrected chi connectivity index (χ0v) is 17.3. The molecule has 3 aliphatic rings. The van der Waals surface area contributed by atoms with Crippen LogP contribution in [-0.4, -0.2) is 56.7 Å². The lowest BCUT2D eigenvalue weighted by atomic mass is 9.83. The Kier molecular flexibility index (Phi) is 4.66. The molecule has 4 heterocycles. The van der Waals surface area contributed by atoms with Gasteiger partial charge in [-0.15, -0.1) is 11.3 Å². The summed E-state index contributed by atoms with van der Waals surface area (Å²) in [4.78, 5) is 31.1. The number of amides is 2. The van der Waals surface area contributed by atoms with E-state index in [0.717, 1.165) is 37.1 Å². The molecule has 1 saturated heterocycles. The standard InChI is InChI=1S/C20H25N5O3S/c1-24-16-8-20(4-6-25(7-5-20)19(27)15-11-29-12-22-15)28-10-14(16)17(23-24)18(26)21-9-13-2-3-13/h11-13H,2-10H2,1H3,(H,21,26). The molecule has 0 atom stereocenters. The van der Waals surface area contributed by atoms with Crippen molar-refractivity contribution in [1.82, 2.24) is 25.0 Å². The van der Waals surface area contributed by atoms with Crippen molar-refractivity contribution in [3.63, 3.8) is 0 Å². The van der Waals surface area contributed by atoms with Crippen LogP contribution in [0.2, 0.25) is 0 Å². The van der Waals surface area contributed by atoms with Gasteiger partial charge in [0.2, 0.25) is 0 Å². The van der Waals surface area contributed by atoms with Crippen LogP contribution in [0.25, 0.3) is 0 Å². The van der Waals surface area contributed by atoms with E-state index in [2.05, 4.69) is 15.4 Å². The molecule has 2 aliphatic heterocycles. The number of carbonyl (C=O) groups excluding carboxylic acids is 2. The molecule has 1 N–H and O–H groups in total. The molecule has 2 amide bonds. The van der Waals surface area contributed by atoms with E-state index >= 15 is 0 Å². The van der Waals surface area contributed by atoms with Crippen molar-refractivity contribution in [2.24, 2.45) is 13.0 Å². The number of rotatable bonds is 4. The molecule has 9 heteroatoms. The van der Waals surface area contributed by atoms with E-state index in [1.54, 1.807) is 10.9 Å². The molecule has 1 spiro atoms. The molecular weight excluding hydrogens is 390 g/mol. The van der Waals surface area contributed by atoms with E-state index in [-0.39, 0.29) is 17.4 Å². The Morgan fingerprint density at radius 3 is 2.83 bits per heavy atom. The molecular formula is C20H25N5O3S. The maximum atomic E-state index is 12.6. The fourth-order valence-corrected chi connectivity index (χ4v) is 4.83. The summed E-state index contributed by atoms with van der Waals surface area (Å²) in [7, 11) is 1.90. The predicted octanol–water partition coefficient (Wildman–Crippen LogP) is 1.76. The van der Waals surface area contributed by atoms with Crippen LogP contribution in [0.5, 0.6) is 0 Å². The third kappa shape index (κ3) is 3.57. The number of hydrogen-bond acceptors (Lipinski definition) is 6. The summed E-state index contributed by atoms with van der Waals surface area (Å²) in [5.74, 6) is 0.528. The number of thiazole rings is 1. The molecule has 2 aromatic heterocycles. The Bertz CT molecular complexity index is 926. The smallest absolute Gasteiger partial charge is 0.273 e. The summed E-state index contributed by atoms with van der Waals surface area (Å²) >= 11 is 1.43. The van der Waals surface area contributed by atoms with Gasteiger partial charge in [0.25, 0.3) is 11.8 Å². The van der Waals surface area contributed by atoms with Gasteiger partial charge in [-0.25, -0.2) is 4.98 Å². The Morgan fingerprint density at radius 1 is 1.34 bits per heavy atom. The first kappa shape index (κ1) is 18.7. The quantitative estimate of drug-likeness (QED) is 0.822. The Hall–Kier alpha value is -2.26. The van der Waals surface area contributed by atoms with Crippen LogP contribution in [0.3, 0.4) is 0 Å². The average molecular weight is 416 g/mol. The van der Waals surface area contributed by atoms with Gasteiger partial charge in [0, 0.05) is 49.7 Å². The van der Waals surface area contributed by atoms with Crippen molar-refractivity contribution < 1.29 is 14.3 Å². The minimum Gasteiger partial charge on any atom is -0.370 e. The summed E-state index contributed by atoms with van der Waals surface area (Å²) in [6.07, 6.45) is 4.68. The van der Waals surface area contributed by atoms with Gasteiger partial charge in [0.1, 0.15) is 5.69 Å². The number of likely N-dealkylation sites (tertiary alicyclic amines) is 1. The molecule has 2 aromatic rings. The minimum absolute atomic E-state index is 0.00671. The molecule has 8 nitrogen and oxygen atoms in total. The average Bonchev–Trinajstić information content (AvgIpc) is 3.29. The van der Waals surface area contributed by atoms with E-state index in [0.29, 0.717) is 37.0 Å². The minimum atomic E-state index is -0.290. The number of fused-ring (bicyclic) bond motifs is 1. The highest BCUT2D eigenvalue weighted by Crippen LogP contribution is 2.37. The molecule has 0 aromatic carbocycles. The summed E-state index contributed by atoms with van der Waals surface area (Å²) in [5, 5.41) is 9.30. The fourth-order valence-electron chi connectivity index (χ4n) is 4.30. The highest BCUT2D eigenvalue weighted by molar-refractivity contribution is 7.07. The van der Waals surface area contributed by atoms with Gasteiger partial charge in [-0.05, 0) is 31.6 Å². The lowest BCUT2D eigenvalue weighted by Crippen LogP contribution is -2.50. The second kappa shape index (κ2) is 7.21. The number of nitrogens with zero attached hydrogens (tertiary/aromatic N) is 4. The second-order valence-corrected chi connectivity index (χ2v) is 9.08. The topological polar surface area (TPSA) is 89.4 Å². The van der Waals surface area contributed by atoms with E-state index in [1.807, 2.05) is 16.6 Å². The van der Waals surface area contributed by atoms with Crippen molar-refractivity contribution in [1.29, 1.82) is 0 Å². The molecule has 154 valence electrons. The van der Waals surface area contributed by atoms with Gasteiger partial charge in [-0.1, -0.05) is 0 Å². The summed E-state index contributed by atoms with van der Waals surface area (Å²) in [5.41, 5.74) is 4.40. The number of piperidine rings is 1. The molecule has 1 saturated carbocycles. The number of aryl methyl sites for hydroxylation is 1. The fraction of sp³-hybridized carbons (Fsp3) is 0.600. The monoisotopic (exact) mass is 415 g/mol. The van der Waals surface area contributed by atoms with Gasteiger partial charge in [0.05, 0.1) is 17.7 Å². The Balaban J connectivity index is 1.26. The highest BCUT2D eigenvalue weighted by atomic mass is 32.1. The van der Waals surface area contributed by atoms with Crippen molar-refractivity contribution in [2.45, 2.75) is 44.3 Å². The zero-order chi connectivity index (χ0) is 20.0. The van der Waals surface area contributed by atoms with Crippen molar-refractivity contribution in [3.05, 3.63) is 33.5 Å². The van der Waals surface area contributed by atoms with Crippen LogP contribution < -0.4 is 5.32 Å². The molecule has 29 heavy (non-hydrogen) atoms. The van der Waals surface area contributed by atoms with Gasteiger partial charge in [0.15, 0.2) is 5.69 Å². The van der Waals surface area contributed by atoms with Gasteiger partial charge < -0.3 is 15.0 Å². The number of hydrogen-bond donors (Lipinski definition) is 1. The van der Waals surface area contributed by atoms with Gasteiger partial charge in [-0.3, -0.25) is 14.3 Å². The van der Waals surface area contributed by atoms with Crippen LogP contribution in [0.1, 0.15) is 57.9 Å². The Labute approximate surface area is 173 Å². The first-order valence-corrected chi connectivity index (χ1v) is 11.1. The van der Waals surface area contributed by atoms with Crippen LogP contribution in [0.4, 0.5) is 0 Å². The lowest BCUT2D eigenvalue weighted by Gasteiger charge is -2.43. The number of ether oxygens (including phenoxy) is 1. The predicted molar refractivity (Wildman–Crippen MR) is 107 cm³/mol. The number of carbonyl (C=O) groups is 2. The molecule has 0 radical (unpaired) electrons. The first-order valence-electron chi connectivity index (χ1n) is 10.2. The van der Waals surface area contributed by atoms with Crippen LogP contribution in [0.15, 0.2) is 10.9 Å². The van der Waals surface area contributed by atoms with Gasteiger partial charge in [-0.2, -0.15) is 5.10 Å². The maximum Gasteiger partial charge on any atom is 0.273 e. The molecule has 2 fully saturated rings. The van der Waals surface area contributed by atoms with E-state index < -0.39 is 0 Å². The van der Waals surface area contributed by atoms with Crippen LogP contribution in [0, 0.1) is 5.92 Å². The summed E-state index contributed by atoms with van der Waals surface area (Å²) in [6, 6.07) is 0. The highest BCUT2D eigenvalue weighted by Gasteiger charge is 2.42. The largest absolute Gasteiger partial charge is 0.370 e. The zero-order valence-electron chi connectivity index (χ0n) is 16.5. The number of aromatic nitrogens is 3. The summed E-state index contributed by atoms with van der Waals surface area (Å²) in [6.45, 7) is 2.43. The lowest BCUT2D eigenvalue weighted by molar-refractivity contribution is -0.0990. The van der Waals surface area contributed by atoms with E-state index in [4.69, 9.17) is 4.74 Å². The first-order chi connectivity index (χ1) is 14.0. The number of nitrogens with one attached hydrogen (secondary N) is 1. The molecule has 5 rings (SSSR count). The van der Waals surface area contributed by atoms with Crippen molar-refractivity contribution in [3.8, 4) is 0 Å². The van der Waals surface area contributed by atoms with Gasteiger partial charge >= 0.3 is 0 Å². The molecule has 0 unspecified atom stereocenters. The van der Waals surface area contributed by atoms with Crippen LogP contribution in [-0.2, 0) is 24.8 Å². The Morgan fingerprint density at radius 2 is 2.14 bits per heavy atom. The maximum absolute atomic E-state index is 12.6. The second-order valence-electron chi connectivity index (χ2n) is 8.37.